The predicted octanol–water partition coefficient (Wildman–Crippen LogP) is 4.44. The highest BCUT2D eigenvalue weighted by molar-refractivity contribution is 7.91. The van der Waals surface area contributed by atoms with Gasteiger partial charge in [-0.25, -0.2) is 31.4 Å². The van der Waals surface area contributed by atoms with E-state index in [0.29, 0.717) is 44.0 Å². The topological polar surface area (TPSA) is 169 Å². The zero-order valence-corrected chi connectivity index (χ0v) is 29.7. The van der Waals surface area contributed by atoms with Crippen molar-refractivity contribution >= 4 is 43.1 Å². The fourth-order valence-electron chi connectivity index (χ4n) is 5.55. The van der Waals surface area contributed by atoms with E-state index in [1.165, 1.54) is 18.4 Å². The molecule has 12 nitrogen and oxygen atoms in total. The number of carboxylic acids is 1. The van der Waals surface area contributed by atoms with Crippen molar-refractivity contribution < 1.29 is 41.0 Å². The molecule has 1 aliphatic rings. The number of aromatic carboxylic acids is 1. The number of ether oxygens (including phenoxy) is 2. The lowest BCUT2D eigenvalue weighted by atomic mass is 9.83. The Morgan fingerprint density at radius 1 is 1.16 bits per heavy atom. The molecule has 252 valence electrons. The number of likely N-dealkylation sites (tertiary alicyclic amines) is 1. The molecular weight excluding hydrogens is 643 g/mol. The van der Waals surface area contributed by atoms with Crippen LogP contribution in [0.15, 0.2) is 16.0 Å². The average molecular weight is 688 g/mol. The Morgan fingerprint density at radius 3 is 2.29 bits per heavy atom. The maximum absolute atomic E-state index is 12.5. The van der Waals surface area contributed by atoms with Gasteiger partial charge in [0.15, 0.2) is 24.7 Å². The van der Waals surface area contributed by atoms with E-state index in [9.17, 15) is 31.5 Å². The van der Waals surface area contributed by atoms with Gasteiger partial charge in [-0.15, -0.1) is 11.3 Å². The number of aromatic nitrogens is 1. The minimum absolute atomic E-state index is 0.0577. The molecule has 0 radical (unpaired) electrons. The highest BCUT2D eigenvalue weighted by Gasteiger charge is 2.32. The molecule has 0 aromatic carbocycles. The van der Waals surface area contributed by atoms with Crippen LogP contribution in [0.2, 0.25) is 0 Å². The number of piperidine rings is 1. The van der Waals surface area contributed by atoms with Gasteiger partial charge in [-0.1, -0.05) is 6.92 Å². The number of pyridine rings is 1. The van der Waals surface area contributed by atoms with E-state index in [2.05, 4.69) is 17.2 Å². The number of amides is 1. The zero-order chi connectivity index (χ0) is 33.9. The molecule has 1 saturated heterocycles. The van der Waals surface area contributed by atoms with Crippen LogP contribution in [0.4, 0.5) is 4.79 Å². The van der Waals surface area contributed by atoms with Crippen molar-refractivity contribution in [3.63, 3.8) is 0 Å². The Morgan fingerprint density at radius 2 is 1.78 bits per heavy atom. The summed E-state index contributed by atoms with van der Waals surface area (Å²) in [5, 5.41) is 12.8. The minimum Gasteiger partial charge on any atom is -0.481 e. The van der Waals surface area contributed by atoms with Gasteiger partial charge in [0.25, 0.3) is 0 Å². The summed E-state index contributed by atoms with van der Waals surface area (Å²) in [7, 11) is -6.28. The lowest BCUT2D eigenvalue weighted by molar-refractivity contribution is 0.0176. The van der Waals surface area contributed by atoms with Gasteiger partial charge in [-0.3, -0.25) is 0 Å². The molecule has 0 bridgehead atoms. The highest BCUT2D eigenvalue weighted by atomic mass is 32.2. The summed E-state index contributed by atoms with van der Waals surface area (Å²) in [5.74, 6) is -0.628. The van der Waals surface area contributed by atoms with Crippen molar-refractivity contribution in [3.05, 3.63) is 32.5 Å². The molecule has 0 saturated carbocycles. The van der Waals surface area contributed by atoms with Crippen LogP contribution in [0.5, 0.6) is 5.88 Å². The molecular formula is C30H45N3O9S3. The Balaban J connectivity index is 1.68. The van der Waals surface area contributed by atoms with Crippen molar-refractivity contribution in [3.8, 4) is 5.88 Å². The Labute approximate surface area is 270 Å². The van der Waals surface area contributed by atoms with Gasteiger partial charge in [0.05, 0.1) is 17.6 Å². The SMILES string of the molecule is COc1nc(S(C)(=O)=O)cc(S(C)(=O)=O)c1CNCCCc1sc(C(C)C2CCN(C(=O)OC(C)(C)C)CC2)c(C)c1C(=O)O. The van der Waals surface area contributed by atoms with Gasteiger partial charge >= 0.3 is 12.1 Å². The maximum atomic E-state index is 12.5. The van der Waals surface area contributed by atoms with E-state index in [-0.39, 0.29) is 34.9 Å². The molecule has 3 heterocycles. The molecule has 3 rings (SSSR count). The van der Waals surface area contributed by atoms with Gasteiger partial charge in [0.2, 0.25) is 5.88 Å². The molecule has 1 amide bonds. The first kappa shape index (κ1) is 36.7. The van der Waals surface area contributed by atoms with Crippen molar-refractivity contribution in [1.82, 2.24) is 15.2 Å². The number of carbonyl (C=O) groups is 2. The second kappa shape index (κ2) is 14.3. The first-order valence-corrected chi connectivity index (χ1v) is 19.4. The van der Waals surface area contributed by atoms with Crippen LogP contribution in [-0.4, -0.2) is 88.7 Å². The number of nitrogens with one attached hydrogen (secondary N) is 1. The van der Waals surface area contributed by atoms with E-state index >= 15 is 0 Å². The van der Waals surface area contributed by atoms with E-state index in [1.807, 2.05) is 27.7 Å². The highest BCUT2D eigenvalue weighted by Crippen LogP contribution is 2.41. The molecule has 1 unspecified atom stereocenters. The number of sulfone groups is 2. The number of thiophene rings is 1. The first-order valence-electron chi connectivity index (χ1n) is 14.8. The summed E-state index contributed by atoms with van der Waals surface area (Å²) in [6.07, 6.45) is 4.32. The maximum Gasteiger partial charge on any atom is 0.410 e. The second-order valence-electron chi connectivity index (χ2n) is 12.6. The van der Waals surface area contributed by atoms with E-state index < -0.39 is 36.3 Å². The molecule has 15 heteroatoms. The van der Waals surface area contributed by atoms with Crippen molar-refractivity contribution in [2.45, 2.75) is 88.3 Å². The van der Waals surface area contributed by atoms with E-state index in [1.54, 1.807) is 4.90 Å². The minimum atomic E-state index is -3.80. The monoisotopic (exact) mass is 687 g/mol. The lowest BCUT2D eigenvalue weighted by Crippen LogP contribution is -2.42. The smallest absolute Gasteiger partial charge is 0.410 e. The van der Waals surface area contributed by atoms with E-state index in [0.717, 1.165) is 46.7 Å². The van der Waals surface area contributed by atoms with Crippen LogP contribution in [0.3, 0.4) is 0 Å². The summed E-state index contributed by atoms with van der Waals surface area (Å²) in [6, 6.07) is 1.04. The fraction of sp³-hybridized carbons (Fsp3) is 0.633. The van der Waals surface area contributed by atoms with Crippen LogP contribution in [-0.2, 0) is 37.4 Å². The molecule has 2 aromatic heterocycles. The number of rotatable bonds is 12. The standard InChI is InChI=1S/C30H45N3O9S3/c1-18(20-11-14-33(15-12-20)29(36)42-30(3,4)5)26-19(2)25(28(34)35)22(43-26)10-9-13-31-17-21-23(44(7,37)38)16-24(45(8,39)40)32-27(21)41-6/h16,18,20,31H,9-15,17H2,1-8H3,(H,34,35). The van der Waals surface area contributed by atoms with Crippen LogP contribution in [0, 0.1) is 12.8 Å². The molecule has 2 N–H and O–H groups in total. The average Bonchev–Trinajstić information content (AvgIpc) is 3.26. The van der Waals surface area contributed by atoms with Gasteiger partial charge < -0.3 is 24.8 Å². The number of nitrogens with zero attached hydrogens (tertiary/aromatic N) is 2. The molecule has 2 aromatic rings. The van der Waals surface area contributed by atoms with Crippen LogP contribution < -0.4 is 10.1 Å². The number of aryl methyl sites for hydroxylation is 1. The van der Waals surface area contributed by atoms with Gasteiger partial charge in [0.1, 0.15) is 5.60 Å². The second-order valence-corrected chi connectivity index (χ2v) is 17.6. The number of methoxy groups -OCH3 is 1. The molecule has 0 aliphatic carbocycles. The summed E-state index contributed by atoms with van der Waals surface area (Å²) in [5.41, 5.74) is 0.773. The van der Waals surface area contributed by atoms with Crippen LogP contribution in [0.25, 0.3) is 0 Å². The molecule has 0 spiro atoms. The summed E-state index contributed by atoms with van der Waals surface area (Å²) in [6.45, 7) is 11.2. The third-order valence-electron chi connectivity index (χ3n) is 7.84. The van der Waals surface area contributed by atoms with Gasteiger partial charge in [-0.2, -0.15) is 0 Å². The molecule has 1 atom stereocenters. The first-order chi connectivity index (χ1) is 20.7. The number of hydrogen-bond donors (Lipinski definition) is 2. The summed E-state index contributed by atoms with van der Waals surface area (Å²) in [4.78, 5) is 32.1. The Bertz CT molecular complexity index is 1620. The van der Waals surface area contributed by atoms with Crippen LogP contribution >= 0.6 is 11.3 Å². The number of carbonyl (C=O) groups excluding carboxylic acids is 1. The van der Waals surface area contributed by atoms with Gasteiger partial charge in [-0.05, 0) is 83.4 Å². The van der Waals surface area contributed by atoms with Gasteiger partial charge in [0, 0.05) is 47.5 Å². The quantitative estimate of drug-likeness (QED) is 0.303. The summed E-state index contributed by atoms with van der Waals surface area (Å²) >= 11 is 1.52. The van der Waals surface area contributed by atoms with E-state index in [4.69, 9.17) is 9.47 Å². The summed E-state index contributed by atoms with van der Waals surface area (Å²) < 4.78 is 59.8. The van der Waals surface area contributed by atoms with Crippen molar-refractivity contribution in [2.75, 3.05) is 39.3 Å². The normalized spacial score (nSPS) is 15.6. The van der Waals surface area contributed by atoms with Crippen LogP contribution in [0.1, 0.15) is 84.1 Å². The fourth-order valence-corrected chi connectivity index (χ4v) is 8.63. The third-order valence-corrected chi connectivity index (χ3v) is 11.5. The van der Waals surface area contributed by atoms with Crippen molar-refractivity contribution in [1.29, 1.82) is 0 Å². The zero-order valence-electron chi connectivity index (χ0n) is 27.2. The third kappa shape index (κ3) is 9.39. The number of hydrogen-bond acceptors (Lipinski definition) is 11. The Kier molecular flexibility index (Phi) is 11.7. The number of carboxylic acid groups (broad SMARTS) is 1. The Hall–Kier alpha value is -2.75. The molecule has 1 aliphatic heterocycles. The van der Waals surface area contributed by atoms with Crippen molar-refractivity contribution in [2.24, 2.45) is 5.92 Å². The largest absolute Gasteiger partial charge is 0.481 e. The predicted molar refractivity (Wildman–Crippen MR) is 172 cm³/mol. The molecule has 1 fully saturated rings. The lowest BCUT2D eigenvalue weighted by Gasteiger charge is -2.35. The molecule has 45 heavy (non-hydrogen) atoms.